The van der Waals surface area contributed by atoms with Crippen LogP contribution in [0.15, 0.2) is 0 Å². The SMILES string of the molecule is CCCn1nc(C)c(N)c1NCC1CCCC1. The van der Waals surface area contributed by atoms with E-state index >= 15 is 0 Å². The van der Waals surface area contributed by atoms with E-state index in [2.05, 4.69) is 17.3 Å². The molecule has 0 spiro atoms. The summed E-state index contributed by atoms with van der Waals surface area (Å²) in [7, 11) is 0. The standard InChI is InChI=1S/C13H24N4/c1-3-8-17-13(12(14)10(2)16-17)15-9-11-6-4-5-7-11/h11,15H,3-9,14H2,1-2H3. The molecule has 1 heterocycles. The second kappa shape index (κ2) is 5.43. The molecule has 1 saturated carbocycles. The van der Waals surface area contributed by atoms with E-state index in [4.69, 9.17) is 5.73 Å². The molecular formula is C13H24N4. The number of anilines is 2. The van der Waals surface area contributed by atoms with Crippen molar-refractivity contribution in [2.24, 2.45) is 5.92 Å². The minimum Gasteiger partial charge on any atom is -0.394 e. The quantitative estimate of drug-likeness (QED) is 0.826. The van der Waals surface area contributed by atoms with Crippen molar-refractivity contribution in [2.75, 3.05) is 17.6 Å². The molecule has 0 atom stereocenters. The number of hydrogen-bond acceptors (Lipinski definition) is 3. The fourth-order valence-corrected chi connectivity index (χ4v) is 2.61. The van der Waals surface area contributed by atoms with E-state index in [9.17, 15) is 0 Å². The van der Waals surface area contributed by atoms with Crippen LogP contribution in [0.2, 0.25) is 0 Å². The van der Waals surface area contributed by atoms with Gasteiger partial charge in [-0.1, -0.05) is 19.8 Å². The third-order valence-corrected chi connectivity index (χ3v) is 3.64. The first-order chi connectivity index (χ1) is 8.22. The van der Waals surface area contributed by atoms with Crippen LogP contribution in [0.1, 0.15) is 44.7 Å². The van der Waals surface area contributed by atoms with Crippen LogP contribution in [0.5, 0.6) is 0 Å². The van der Waals surface area contributed by atoms with Crippen molar-refractivity contribution in [1.82, 2.24) is 9.78 Å². The van der Waals surface area contributed by atoms with Crippen molar-refractivity contribution in [3.05, 3.63) is 5.69 Å². The third kappa shape index (κ3) is 2.73. The number of nitrogen functional groups attached to an aromatic ring is 1. The molecule has 0 saturated heterocycles. The fourth-order valence-electron chi connectivity index (χ4n) is 2.61. The number of nitrogens with zero attached hydrogens (tertiary/aromatic N) is 2. The smallest absolute Gasteiger partial charge is 0.148 e. The first kappa shape index (κ1) is 12.3. The summed E-state index contributed by atoms with van der Waals surface area (Å²) in [5.74, 6) is 1.84. The third-order valence-electron chi connectivity index (χ3n) is 3.64. The van der Waals surface area contributed by atoms with E-state index < -0.39 is 0 Å². The average Bonchev–Trinajstić information content (AvgIpc) is 2.89. The van der Waals surface area contributed by atoms with Gasteiger partial charge < -0.3 is 11.1 Å². The Labute approximate surface area is 104 Å². The van der Waals surface area contributed by atoms with Crippen LogP contribution in [-0.2, 0) is 6.54 Å². The molecular weight excluding hydrogens is 212 g/mol. The summed E-state index contributed by atoms with van der Waals surface area (Å²) in [6, 6.07) is 0. The number of hydrogen-bond donors (Lipinski definition) is 2. The van der Waals surface area contributed by atoms with Crippen LogP contribution in [0.3, 0.4) is 0 Å². The molecule has 0 aliphatic heterocycles. The van der Waals surface area contributed by atoms with Gasteiger partial charge in [0.05, 0.1) is 11.4 Å². The Morgan fingerprint density at radius 1 is 1.41 bits per heavy atom. The summed E-state index contributed by atoms with van der Waals surface area (Å²) in [6.07, 6.45) is 6.56. The van der Waals surface area contributed by atoms with Gasteiger partial charge in [0, 0.05) is 13.1 Å². The minimum atomic E-state index is 0.816. The normalized spacial score (nSPS) is 16.6. The van der Waals surface area contributed by atoms with Gasteiger partial charge in [-0.2, -0.15) is 5.10 Å². The van der Waals surface area contributed by atoms with Gasteiger partial charge in [-0.05, 0) is 32.1 Å². The van der Waals surface area contributed by atoms with Crippen LogP contribution in [0.25, 0.3) is 0 Å². The largest absolute Gasteiger partial charge is 0.394 e. The number of rotatable bonds is 5. The first-order valence-corrected chi connectivity index (χ1v) is 6.79. The molecule has 0 radical (unpaired) electrons. The Morgan fingerprint density at radius 2 is 2.12 bits per heavy atom. The summed E-state index contributed by atoms with van der Waals surface area (Å²) in [4.78, 5) is 0. The van der Waals surface area contributed by atoms with Crippen LogP contribution >= 0.6 is 0 Å². The van der Waals surface area contributed by atoms with Crippen molar-refractivity contribution < 1.29 is 0 Å². The highest BCUT2D eigenvalue weighted by Crippen LogP contribution is 2.27. The van der Waals surface area contributed by atoms with Crippen molar-refractivity contribution >= 4 is 11.5 Å². The van der Waals surface area contributed by atoms with Crippen molar-refractivity contribution in [3.8, 4) is 0 Å². The first-order valence-electron chi connectivity index (χ1n) is 6.79. The Bertz CT molecular complexity index is 364. The highest BCUT2D eigenvalue weighted by atomic mass is 15.3. The molecule has 1 aliphatic carbocycles. The molecule has 96 valence electrons. The number of nitrogens with two attached hydrogens (primary N) is 1. The second-order valence-electron chi connectivity index (χ2n) is 5.10. The molecule has 17 heavy (non-hydrogen) atoms. The lowest BCUT2D eigenvalue weighted by Crippen LogP contribution is -2.15. The molecule has 2 rings (SSSR count). The van der Waals surface area contributed by atoms with Gasteiger partial charge in [0.25, 0.3) is 0 Å². The summed E-state index contributed by atoms with van der Waals surface area (Å²) >= 11 is 0. The molecule has 0 unspecified atom stereocenters. The maximum Gasteiger partial charge on any atom is 0.148 e. The van der Waals surface area contributed by atoms with Gasteiger partial charge in [0.1, 0.15) is 5.82 Å². The molecule has 4 nitrogen and oxygen atoms in total. The van der Waals surface area contributed by atoms with Gasteiger partial charge in [0.2, 0.25) is 0 Å². The van der Waals surface area contributed by atoms with E-state index in [0.29, 0.717) is 0 Å². The van der Waals surface area contributed by atoms with Crippen molar-refractivity contribution in [3.63, 3.8) is 0 Å². The predicted molar refractivity (Wildman–Crippen MR) is 72.1 cm³/mol. The van der Waals surface area contributed by atoms with Gasteiger partial charge >= 0.3 is 0 Å². The van der Waals surface area contributed by atoms with Crippen LogP contribution in [0.4, 0.5) is 11.5 Å². The molecule has 1 aromatic rings. The Balaban J connectivity index is 2.02. The summed E-state index contributed by atoms with van der Waals surface area (Å²) in [6.45, 7) is 6.11. The predicted octanol–water partition coefficient (Wildman–Crippen LogP) is 2.79. The number of aryl methyl sites for hydroxylation is 2. The highest BCUT2D eigenvalue weighted by Gasteiger charge is 2.17. The van der Waals surface area contributed by atoms with Crippen LogP contribution in [0, 0.1) is 12.8 Å². The van der Waals surface area contributed by atoms with Crippen LogP contribution < -0.4 is 11.1 Å². The maximum absolute atomic E-state index is 6.07. The number of aromatic nitrogens is 2. The molecule has 0 bridgehead atoms. The lowest BCUT2D eigenvalue weighted by Gasteiger charge is -2.13. The maximum atomic E-state index is 6.07. The van der Waals surface area contributed by atoms with Gasteiger partial charge in [-0.3, -0.25) is 0 Å². The molecule has 1 aromatic heterocycles. The van der Waals surface area contributed by atoms with Gasteiger partial charge in [-0.15, -0.1) is 0 Å². The van der Waals surface area contributed by atoms with Crippen molar-refractivity contribution in [1.29, 1.82) is 0 Å². The fraction of sp³-hybridized carbons (Fsp3) is 0.769. The molecule has 1 aliphatic rings. The minimum absolute atomic E-state index is 0.816. The van der Waals surface area contributed by atoms with E-state index in [1.807, 2.05) is 11.6 Å². The van der Waals surface area contributed by atoms with E-state index in [1.54, 1.807) is 0 Å². The lowest BCUT2D eigenvalue weighted by atomic mass is 10.1. The van der Waals surface area contributed by atoms with E-state index in [1.165, 1.54) is 25.7 Å². The molecule has 3 N–H and O–H groups in total. The summed E-state index contributed by atoms with van der Waals surface area (Å²) in [5.41, 5.74) is 7.83. The molecule has 4 heteroatoms. The van der Waals surface area contributed by atoms with E-state index in [-0.39, 0.29) is 0 Å². The molecule has 0 amide bonds. The number of nitrogens with one attached hydrogen (secondary N) is 1. The second-order valence-corrected chi connectivity index (χ2v) is 5.10. The van der Waals surface area contributed by atoms with Gasteiger partial charge in [-0.25, -0.2) is 4.68 Å². The van der Waals surface area contributed by atoms with Crippen LogP contribution in [-0.4, -0.2) is 16.3 Å². The Hall–Kier alpha value is -1.19. The Morgan fingerprint density at radius 3 is 2.76 bits per heavy atom. The zero-order valence-electron chi connectivity index (χ0n) is 11.0. The topological polar surface area (TPSA) is 55.9 Å². The highest BCUT2D eigenvalue weighted by molar-refractivity contribution is 5.64. The average molecular weight is 236 g/mol. The zero-order chi connectivity index (χ0) is 12.3. The Kier molecular flexibility index (Phi) is 3.92. The molecule has 0 aromatic carbocycles. The summed E-state index contributed by atoms with van der Waals surface area (Å²) < 4.78 is 2.01. The van der Waals surface area contributed by atoms with Crippen molar-refractivity contribution in [2.45, 2.75) is 52.5 Å². The summed E-state index contributed by atoms with van der Waals surface area (Å²) in [5, 5.41) is 7.98. The molecule has 1 fully saturated rings. The lowest BCUT2D eigenvalue weighted by molar-refractivity contribution is 0.564. The van der Waals surface area contributed by atoms with E-state index in [0.717, 1.165) is 42.6 Å². The zero-order valence-corrected chi connectivity index (χ0v) is 11.0. The van der Waals surface area contributed by atoms with Gasteiger partial charge in [0.15, 0.2) is 0 Å². The monoisotopic (exact) mass is 236 g/mol.